The average molecular weight is 441 g/mol. The maximum absolute atomic E-state index is 13.0. The number of rotatable bonds is 5. The molecule has 1 spiro atoms. The zero-order valence-electron chi connectivity index (χ0n) is 16.9. The predicted molar refractivity (Wildman–Crippen MR) is 116 cm³/mol. The second-order valence-electron chi connectivity index (χ2n) is 8.47. The van der Waals surface area contributed by atoms with Crippen LogP contribution in [0.25, 0.3) is 11.0 Å². The molecule has 10 heteroatoms. The van der Waals surface area contributed by atoms with E-state index >= 15 is 0 Å². The number of carbonyl (C=O) groups excluding carboxylic acids is 1. The lowest BCUT2D eigenvalue weighted by atomic mass is 9.81. The van der Waals surface area contributed by atoms with Crippen molar-refractivity contribution in [3.63, 3.8) is 0 Å². The van der Waals surface area contributed by atoms with Gasteiger partial charge in [-0.05, 0) is 48.4 Å². The first-order chi connectivity index (χ1) is 14.9. The van der Waals surface area contributed by atoms with Crippen molar-refractivity contribution < 1.29 is 13.2 Å². The second kappa shape index (κ2) is 7.31. The highest BCUT2D eigenvalue weighted by molar-refractivity contribution is 7.89. The van der Waals surface area contributed by atoms with Gasteiger partial charge in [0.2, 0.25) is 15.9 Å². The zero-order valence-corrected chi connectivity index (χ0v) is 17.7. The quantitative estimate of drug-likeness (QED) is 0.551. The van der Waals surface area contributed by atoms with E-state index in [0.717, 1.165) is 54.8 Å². The van der Waals surface area contributed by atoms with E-state index in [0.29, 0.717) is 6.54 Å². The normalized spacial score (nSPS) is 20.2. The fourth-order valence-corrected chi connectivity index (χ4v) is 5.15. The summed E-state index contributed by atoms with van der Waals surface area (Å²) < 4.78 is 22.8. The summed E-state index contributed by atoms with van der Waals surface area (Å²) in [6.07, 6.45) is 6.28. The van der Waals surface area contributed by atoms with Crippen LogP contribution in [-0.2, 0) is 21.4 Å². The molecule has 3 aromatic rings. The third-order valence-electron chi connectivity index (χ3n) is 6.49. The summed E-state index contributed by atoms with van der Waals surface area (Å²) in [5.74, 6) is 0.949. The van der Waals surface area contributed by atoms with Crippen LogP contribution in [0.15, 0.2) is 47.8 Å². The zero-order chi connectivity index (χ0) is 21.6. The largest absolute Gasteiger partial charge is 0.355 e. The van der Waals surface area contributed by atoms with Crippen LogP contribution in [0.4, 0.5) is 5.82 Å². The highest BCUT2D eigenvalue weighted by Gasteiger charge is 2.55. The van der Waals surface area contributed by atoms with E-state index in [1.807, 2.05) is 12.3 Å². The molecule has 1 aliphatic carbocycles. The Morgan fingerprint density at radius 3 is 2.71 bits per heavy atom. The fourth-order valence-electron chi connectivity index (χ4n) is 4.64. The summed E-state index contributed by atoms with van der Waals surface area (Å²) in [6.45, 7) is 1.93. The van der Waals surface area contributed by atoms with Gasteiger partial charge in [-0.3, -0.25) is 4.79 Å². The molecule has 2 aliphatic rings. The number of nitrogens with zero attached hydrogens (tertiary/aromatic N) is 3. The average Bonchev–Trinajstić information content (AvgIpc) is 3.33. The van der Waals surface area contributed by atoms with Crippen molar-refractivity contribution in [3.05, 3.63) is 48.4 Å². The van der Waals surface area contributed by atoms with Gasteiger partial charge in [-0.1, -0.05) is 12.1 Å². The van der Waals surface area contributed by atoms with Crippen LogP contribution in [0.1, 0.15) is 24.8 Å². The number of sulfonamides is 1. The van der Waals surface area contributed by atoms with Crippen molar-refractivity contribution in [2.45, 2.75) is 30.7 Å². The Bertz CT molecular complexity index is 1230. The lowest BCUT2D eigenvalue weighted by Gasteiger charge is -2.39. The minimum Gasteiger partial charge on any atom is -0.355 e. The molecule has 9 nitrogen and oxygen atoms in total. The highest BCUT2D eigenvalue weighted by atomic mass is 32.2. The topological polar surface area (TPSA) is 134 Å². The molecule has 1 atom stereocenters. The van der Waals surface area contributed by atoms with Gasteiger partial charge in [0.25, 0.3) is 0 Å². The van der Waals surface area contributed by atoms with Crippen LogP contribution >= 0.6 is 0 Å². The van der Waals surface area contributed by atoms with Gasteiger partial charge < -0.3 is 15.2 Å². The van der Waals surface area contributed by atoms with Crippen molar-refractivity contribution in [2.24, 2.45) is 16.5 Å². The van der Waals surface area contributed by atoms with Gasteiger partial charge in [0.05, 0.1) is 10.3 Å². The third kappa shape index (κ3) is 3.77. The molecular weight excluding hydrogens is 416 g/mol. The Balaban J connectivity index is 1.25. The third-order valence-corrected chi connectivity index (χ3v) is 7.42. The van der Waals surface area contributed by atoms with Gasteiger partial charge in [0.15, 0.2) is 0 Å². The van der Waals surface area contributed by atoms with E-state index in [1.54, 1.807) is 18.5 Å². The molecule has 1 unspecified atom stereocenters. The number of aromatic amines is 1. The first-order valence-electron chi connectivity index (χ1n) is 10.3. The lowest BCUT2D eigenvalue weighted by Crippen LogP contribution is -2.48. The number of amides is 1. The molecular formula is C21H24N6O3S. The SMILES string of the molecule is NS(=O)(=O)c1ccc(CNC(=O)C2CCN(c3ncnc4[nH]ccc34)CC23CC3)cc1. The van der Waals surface area contributed by atoms with E-state index in [2.05, 4.69) is 25.2 Å². The number of H-pyrrole nitrogens is 1. The standard InChI is InChI=1S/C21H24N6O3S/c22-31(29,30)15-3-1-14(2-4-15)11-24-20(28)17-6-10-27(12-21(17)7-8-21)19-16-5-9-23-18(16)25-13-26-19/h1-5,9,13,17H,6-8,10-12H2,(H,24,28)(H2,22,29,30)(H,23,25,26). The molecule has 1 aromatic carbocycles. The molecule has 4 N–H and O–H groups in total. The Kier molecular flexibility index (Phi) is 4.71. The van der Waals surface area contributed by atoms with Crippen LogP contribution in [0.5, 0.6) is 0 Å². The van der Waals surface area contributed by atoms with Gasteiger partial charge in [-0.2, -0.15) is 0 Å². The van der Waals surface area contributed by atoms with Crippen LogP contribution < -0.4 is 15.4 Å². The number of hydrogen-bond donors (Lipinski definition) is 3. The summed E-state index contributed by atoms with van der Waals surface area (Å²) in [5, 5.41) is 9.17. The van der Waals surface area contributed by atoms with Crippen molar-refractivity contribution in [3.8, 4) is 0 Å². The Morgan fingerprint density at radius 2 is 2.00 bits per heavy atom. The van der Waals surface area contributed by atoms with E-state index < -0.39 is 10.0 Å². The molecule has 1 amide bonds. The molecule has 0 bridgehead atoms. The van der Waals surface area contributed by atoms with Gasteiger partial charge >= 0.3 is 0 Å². The van der Waals surface area contributed by atoms with E-state index in [4.69, 9.17) is 5.14 Å². The number of anilines is 1. The Labute approximate surface area is 180 Å². The number of piperidine rings is 1. The van der Waals surface area contributed by atoms with Gasteiger partial charge in [0, 0.05) is 31.7 Å². The molecule has 5 rings (SSSR count). The molecule has 2 aromatic heterocycles. The number of aromatic nitrogens is 3. The number of carbonyl (C=O) groups is 1. The summed E-state index contributed by atoms with van der Waals surface area (Å²) in [5.41, 5.74) is 1.65. The molecule has 3 heterocycles. The summed E-state index contributed by atoms with van der Waals surface area (Å²) in [4.78, 5) is 27.2. The molecule has 162 valence electrons. The number of benzene rings is 1. The number of hydrogen-bond acceptors (Lipinski definition) is 6. The van der Waals surface area contributed by atoms with Crippen molar-refractivity contribution in [1.29, 1.82) is 0 Å². The molecule has 0 radical (unpaired) electrons. The second-order valence-corrected chi connectivity index (χ2v) is 10.0. The van der Waals surface area contributed by atoms with Crippen molar-refractivity contribution in [2.75, 3.05) is 18.0 Å². The lowest BCUT2D eigenvalue weighted by molar-refractivity contribution is -0.128. The highest BCUT2D eigenvalue weighted by Crippen LogP contribution is 2.56. The van der Waals surface area contributed by atoms with Crippen molar-refractivity contribution in [1.82, 2.24) is 20.3 Å². The van der Waals surface area contributed by atoms with E-state index in [9.17, 15) is 13.2 Å². The smallest absolute Gasteiger partial charge is 0.238 e. The van der Waals surface area contributed by atoms with E-state index in [1.165, 1.54) is 12.1 Å². The maximum atomic E-state index is 13.0. The summed E-state index contributed by atoms with van der Waals surface area (Å²) in [7, 11) is -3.72. The van der Waals surface area contributed by atoms with Crippen LogP contribution in [0.3, 0.4) is 0 Å². The first kappa shape index (κ1) is 20.0. The van der Waals surface area contributed by atoms with Gasteiger partial charge in [-0.25, -0.2) is 23.5 Å². The number of primary sulfonamides is 1. The minimum atomic E-state index is -3.72. The Morgan fingerprint density at radius 1 is 1.23 bits per heavy atom. The van der Waals surface area contributed by atoms with Gasteiger partial charge in [0.1, 0.15) is 17.8 Å². The first-order valence-corrected chi connectivity index (χ1v) is 11.8. The molecule has 1 saturated carbocycles. The van der Waals surface area contributed by atoms with Gasteiger partial charge in [-0.15, -0.1) is 0 Å². The molecule has 1 aliphatic heterocycles. The predicted octanol–water partition coefficient (Wildman–Crippen LogP) is 1.53. The van der Waals surface area contributed by atoms with Crippen LogP contribution in [-0.4, -0.2) is 42.4 Å². The maximum Gasteiger partial charge on any atom is 0.238 e. The fraction of sp³-hybridized carbons (Fsp3) is 0.381. The number of nitrogens with two attached hydrogens (primary N) is 1. The summed E-state index contributed by atoms with van der Waals surface area (Å²) >= 11 is 0. The Hall–Kier alpha value is -2.98. The molecule has 2 fully saturated rings. The molecule has 31 heavy (non-hydrogen) atoms. The van der Waals surface area contributed by atoms with Crippen LogP contribution in [0, 0.1) is 11.3 Å². The number of fused-ring (bicyclic) bond motifs is 1. The monoisotopic (exact) mass is 440 g/mol. The molecule has 1 saturated heterocycles. The minimum absolute atomic E-state index is 0.00655. The van der Waals surface area contributed by atoms with E-state index in [-0.39, 0.29) is 22.1 Å². The van der Waals surface area contributed by atoms with Crippen molar-refractivity contribution >= 4 is 32.8 Å². The summed E-state index contributed by atoms with van der Waals surface area (Å²) in [6, 6.07) is 8.26. The van der Waals surface area contributed by atoms with Crippen LogP contribution in [0.2, 0.25) is 0 Å². The number of nitrogens with one attached hydrogen (secondary N) is 2.